The lowest BCUT2D eigenvalue weighted by atomic mass is 9.83. The van der Waals surface area contributed by atoms with Crippen molar-refractivity contribution in [1.82, 2.24) is 5.32 Å². The van der Waals surface area contributed by atoms with Crippen molar-refractivity contribution in [2.75, 3.05) is 31.1 Å². The van der Waals surface area contributed by atoms with Crippen molar-refractivity contribution in [3.63, 3.8) is 0 Å². The zero-order valence-corrected chi connectivity index (χ0v) is 21.4. The van der Waals surface area contributed by atoms with Crippen LogP contribution in [0.2, 0.25) is 0 Å². The molecule has 1 aliphatic heterocycles. The van der Waals surface area contributed by atoms with E-state index in [0.717, 1.165) is 67.6 Å². The molecule has 5 aromatic rings. The first-order valence-electron chi connectivity index (χ1n) is 13.4. The molecular formula is C33H33N3O. The molecule has 5 aromatic carbocycles. The highest BCUT2D eigenvalue weighted by molar-refractivity contribution is 6.19. The summed E-state index contributed by atoms with van der Waals surface area (Å²) in [4.78, 5) is 15.8. The Hall–Kier alpha value is -3.89. The number of nitrogens with one attached hydrogen (secondary N) is 1. The maximum Gasteiger partial charge on any atom is 0.251 e. The third kappa shape index (κ3) is 4.11. The molecule has 1 amide bonds. The van der Waals surface area contributed by atoms with Crippen LogP contribution in [0.5, 0.6) is 0 Å². The Morgan fingerprint density at radius 2 is 1.49 bits per heavy atom. The van der Waals surface area contributed by atoms with E-state index in [4.69, 9.17) is 5.73 Å². The fraction of sp³-hybridized carbons (Fsp3) is 0.242. The lowest BCUT2D eigenvalue weighted by Crippen LogP contribution is -2.44. The molecule has 0 unspecified atom stereocenters. The number of piperazine rings is 1. The number of carbonyl (C=O) groups is 1. The standard InChI is InChI=1S/C33H33N3O/c1-2-3-13-27-30(26-15-8-12-22-9-6-7-14-25(22)26)28-20-23-10-4-5-11-24(23)21-29(28)32(31(27)33(34)37)36-18-16-35-17-19-36/h4-12,14-15,20-21,35H,2-3,13,16-19H2,1H3,(H2,34,37). The largest absolute Gasteiger partial charge is 0.368 e. The van der Waals surface area contributed by atoms with Gasteiger partial charge in [-0.2, -0.15) is 0 Å². The van der Waals surface area contributed by atoms with Crippen LogP contribution >= 0.6 is 0 Å². The number of hydrogen-bond acceptors (Lipinski definition) is 3. The number of carbonyl (C=O) groups excluding carboxylic acids is 1. The van der Waals surface area contributed by atoms with Crippen molar-refractivity contribution >= 4 is 43.9 Å². The zero-order valence-electron chi connectivity index (χ0n) is 21.4. The Balaban J connectivity index is 1.82. The van der Waals surface area contributed by atoms with Gasteiger partial charge in [-0.25, -0.2) is 0 Å². The summed E-state index contributed by atoms with van der Waals surface area (Å²) in [5.74, 6) is -0.337. The Morgan fingerprint density at radius 3 is 2.19 bits per heavy atom. The average Bonchev–Trinajstić information content (AvgIpc) is 2.94. The van der Waals surface area contributed by atoms with Gasteiger partial charge in [-0.3, -0.25) is 4.79 Å². The Labute approximate surface area is 218 Å². The van der Waals surface area contributed by atoms with Crippen LogP contribution in [0.25, 0.3) is 43.4 Å². The van der Waals surface area contributed by atoms with Crippen molar-refractivity contribution < 1.29 is 4.79 Å². The van der Waals surface area contributed by atoms with E-state index < -0.39 is 0 Å². The molecule has 1 aliphatic rings. The molecule has 1 heterocycles. The molecular weight excluding hydrogens is 454 g/mol. The van der Waals surface area contributed by atoms with E-state index >= 15 is 0 Å². The van der Waals surface area contributed by atoms with E-state index in [1.165, 1.54) is 32.5 Å². The Morgan fingerprint density at radius 1 is 0.838 bits per heavy atom. The highest BCUT2D eigenvalue weighted by atomic mass is 16.1. The molecule has 0 atom stereocenters. The topological polar surface area (TPSA) is 58.4 Å². The van der Waals surface area contributed by atoms with Gasteiger partial charge in [-0.1, -0.05) is 80.1 Å². The molecule has 4 nitrogen and oxygen atoms in total. The maximum absolute atomic E-state index is 13.4. The fourth-order valence-electron chi connectivity index (χ4n) is 6.05. The molecule has 0 aromatic heterocycles. The van der Waals surface area contributed by atoms with Gasteiger partial charge in [0.25, 0.3) is 5.91 Å². The third-order valence-electron chi connectivity index (χ3n) is 7.77. The van der Waals surface area contributed by atoms with Crippen LogP contribution in [0.15, 0.2) is 78.9 Å². The molecule has 37 heavy (non-hydrogen) atoms. The van der Waals surface area contributed by atoms with Crippen LogP contribution in [-0.4, -0.2) is 32.1 Å². The maximum atomic E-state index is 13.4. The first-order valence-corrected chi connectivity index (χ1v) is 13.4. The minimum Gasteiger partial charge on any atom is -0.368 e. The third-order valence-corrected chi connectivity index (χ3v) is 7.77. The number of unbranched alkanes of at least 4 members (excludes halogenated alkanes) is 1. The van der Waals surface area contributed by atoms with Gasteiger partial charge in [-0.05, 0) is 68.6 Å². The van der Waals surface area contributed by atoms with Crippen molar-refractivity contribution in [3.05, 3.63) is 90.0 Å². The normalized spacial score (nSPS) is 14.0. The van der Waals surface area contributed by atoms with Gasteiger partial charge in [0, 0.05) is 31.6 Å². The lowest BCUT2D eigenvalue weighted by Gasteiger charge is -2.34. The van der Waals surface area contributed by atoms with Crippen LogP contribution in [-0.2, 0) is 6.42 Å². The van der Waals surface area contributed by atoms with E-state index in [1.54, 1.807) is 0 Å². The molecule has 0 spiro atoms. The fourth-order valence-corrected chi connectivity index (χ4v) is 6.05. The number of rotatable bonds is 6. The summed E-state index contributed by atoms with van der Waals surface area (Å²) >= 11 is 0. The minimum absolute atomic E-state index is 0.337. The second kappa shape index (κ2) is 9.87. The zero-order chi connectivity index (χ0) is 25.4. The second-order valence-electron chi connectivity index (χ2n) is 10.1. The highest BCUT2D eigenvalue weighted by Gasteiger charge is 2.28. The predicted octanol–water partition coefficient (Wildman–Crippen LogP) is 6.66. The molecule has 186 valence electrons. The van der Waals surface area contributed by atoms with Crippen LogP contribution in [0.3, 0.4) is 0 Å². The van der Waals surface area contributed by atoms with E-state index in [0.29, 0.717) is 5.56 Å². The SMILES string of the molecule is CCCCc1c(C(N)=O)c(N2CCNCC2)c2cc3ccccc3cc2c1-c1cccc2ccccc12. The monoisotopic (exact) mass is 487 g/mol. The van der Waals surface area contributed by atoms with Crippen LogP contribution in [0.1, 0.15) is 35.7 Å². The highest BCUT2D eigenvalue weighted by Crippen LogP contribution is 2.45. The summed E-state index contributed by atoms with van der Waals surface area (Å²) in [5, 5.41) is 10.5. The van der Waals surface area contributed by atoms with E-state index in [2.05, 4.69) is 96.0 Å². The van der Waals surface area contributed by atoms with Gasteiger partial charge < -0.3 is 16.0 Å². The summed E-state index contributed by atoms with van der Waals surface area (Å²) < 4.78 is 0. The van der Waals surface area contributed by atoms with Crippen LogP contribution in [0, 0.1) is 0 Å². The molecule has 0 saturated carbocycles. The molecule has 6 rings (SSSR count). The van der Waals surface area contributed by atoms with Gasteiger partial charge in [0.05, 0.1) is 11.3 Å². The average molecular weight is 488 g/mol. The molecule has 3 N–H and O–H groups in total. The lowest BCUT2D eigenvalue weighted by molar-refractivity contribution is 0.1000. The summed E-state index contributed by atoms with van der Waals surface area (Å²) in [6.07, 6.45) is 2.86. The Kier molecular flexibility index (Phi) is 6.27. The summed E-state index contributed by atoms with van der Waals surface area (Å²) in [6, 6.07) is 28.1. The summed E-state index contributed by atoms with van der Waals surface area (Å²) in [5.41, 5.74) is 11.4. The Bertz CT molecular complexity index is 1630. The van der Waals surface area contributed by atoms with Crippen molar-refractivity contribution in [1.29, 1.82) is 0 Å². The number of nitrogens with two attached hydrogens (primary N) is 1. The first kappa shape index (κ1) is 23.5. The molecule has 1 saturated heterocycles. The number of fused-ring (bicyclic) bond motifs is 3. The van der Waals surface area contributed by atoms with Gasteiger partial charge in [0.2, 0.25) is 0 Å². The van der Waals surface area contributed by atoms with E-state index in [9.17, 15) is 4.79 Å². The summed E-state index contributed by atoms with van der Waals surface area (Å²) in [6.45, 7) is 5.69. The minimum atomic E-state index is -0.337. The van der Waals surface area contributed by atoms with Gasteiger partial charge >= 0.3 is 0 Å². The summed E-state index contributed by atoms with van der Waals surface area (Å²) in [7, 11) is 0. The van der Waals surface area contributed by atoms with Crippen LogP contribution in [0.4, 0.5) is 5.69 Å². The molecule has 4 heteroatoms. The van der Waals surface area contributed by atoms with Crippen LogP contribution < -0.4 is 16.0 Å². The van der Waals surface area contributed by atoms with Gasteiger partial charge in [-0.15, -0.1) is 0 Å². The van der Waals surface area contributed by atoms with Crippen molar-refractivity contribution in [2.45, 2.75) is 26.2 Å². The molecule has 1 fully saturated rings. The smallest absolute Gasteiger partial charge is 0.251 e. The number of hydrogen-bond donors (Lipinski definition) is 2. The van der Waals surface area contributed by atoms with E-state index in [1.807, 2.05) is 0 Å². The quantitative estimate of drug-likeness (QED) is 0.263. The number of anilines is 1. The predicted molar refractivity (Wildman–Crippen MR) is 157 cm³/mol. The first-order chi connectivity index (χ1) is 18.2. The van der Waals surface area contributed by atoms with Crippen molar-refractivity contribution in [3.8, 4) is 11.1 Å². The molecule has 0 radical (unpaired) electrons. The second-order valence-corrected chi connectivity index (χ2v) is 10.1. The van der Waals surface area contributed by atoms with Gasteiger partial charge in [0.1, 0.15) is 0 Å². The van der Waals surface area contributed by atoms with Gasteiger partial charge in [0.15, 0.2) is 0 Å². The number of benzene rings is 5. The molecule has 0 bridgehead atoms. The number of nitrogens with zero attached hydrogens (tertiary/aromatic N) is 1. The number of amides is 1. The van der Waals surface area contributed by atoms with Crippen molar-refractivity contribution in [2.24, 2.45) is 5.73 Å². The molecule has 0 aliphatic carbocycles. The number of primary amides is 1. The van der Waals surface area contributed by atoms with E-state index in [-0.39, 0.29) is 5.91 Å².